The van der Waals surface area contributed by atoms with E-state index in [2.05, 4.69) is 0 Å². The molecule has 5 aromatic rings. The van der Waals surface area contributed by atoms with Crippen molar-refractivity contribution in [1.29, 1.82) is 0 Å². The van der Waals surface area contributed by atoms with Crippen LogP contribution >= 0.6 is 0 Å². The number of hydrogen-bond acceptors (Lipinski definition) is 5. The lowest BCUT2D eigenvalue weighted by Gasteiger charge is -2.28. The summed E-state index contributed by atoms with van der Waals surface area (Å²) in [6.07, 6.45) is 0. The Bertz CT molecular complexity index is 1920. The number of carboxylic acids is 1. The lowest BCUT2D eigenvalue weighted by molar-refractivity contribution is 0.0697. The van der Waals surface area contributed by atoms with Crippen LogP contribution < -0.4 is 18.2 Å². The van der Waals surface area contributed by atoms with E-state index in [1.807, 2.05) is 68.3 Å². The van der Waals surface area contributed by atoms with Gasteiger partial charge in [-0.1, -0.05) is 65.7 Å². The maximum absolute atomic E-state index is 12.7. The third kappa shape index (κ3) is 7.87. The predicted molar refractivity (Wildman–Crippen MR) is 187 cm³/mol. The average Bonchev–Trinajstić information content (AvgIpc) is 3.04. The Kier molecular flexibility index (Phi) is 10.4. The Morgan fingerprint density at radius 1 is 0.660 bits per heavy atom. The van der Waals surface area contributed by atoms with Gasteiger partial charge in [-0.3, -0.25) is 9.11 Å². The number of carbonyl (C=O) groups is 1. The number of rotatable bonds is 12. The lowest BCUT2D eigenvalue weighted by Crippen LogP contribution is -2.24. The first kappa shape index (κ1) is 33.4. The molecule has 0 radical (unpaired) electrons. The van der Waals surface area contributed by atoms with Gasteiger partial charge >= 0.3 is 5.97 Å². The summed E-state index contributed by atoms with van der Waals surface area (Å²) in [7, 11) is 1.86. The molecule has 10 nitrogen and oxygen atoms in total. The zero-order valence-electron chi connectivity index (χ0n) is 25.8. The minimum absolute atomic E-state index is 0.00679. The molecule has 5 rings (SSSR count). The van der Waals surface area contributed by atoms with Crippen molar-refractivity contribution in [3.05, 3.63) is 138 Å². The van der Waals surface area contributed by atoms with Gasteiger partial charge in [-0.05, 0) is 74.0 Å². The summed E-state index contributed by atoms with van der Waals surface area (Å²) < 4.78 is 54.1. The Balaban J connectivity index is 1.55. The van der Waals surface area contributed by atoms with Gasteiger partial charge in [0, 0.05) is 19.7 Å². The molecule has 242 valence electrons. The van der Waals surface area contributed by atoms with Crippen LogP contribution in [0.4, 0.5) is 28.4 Å². The molecule has 0 bridgehead atoms. The van der Waals surface area contributed by atoms with Gasteiger partial charge in [0.1, 0.15) is 11.5 Å². The monoisotopic (exact) mass is 671 g/mol. The molecule has 0 heterocycles. The number of nitrogens with zero attached hydrogens (tertiary/aromatic N) is 3. The molecule has 0 aliphatic rings. The van der Waals surface area contributed by atoms with Crippen molar-refractivity contribution in [2.45, 2.75) is 20.4 Å². The van der Waals surface area contributed by atoms with Crippen LogP contribution in [0.15, 0.2) is 115 Å². The summed E-state index contributed by atoms with van der Waals surface area (Å²) in [5.41, 5.74) is 4.59. The SMILES string of the molecule is Cc1ccc(N(c2ccc(Oc3ccc(N(c4ccc(C)cc4)S(=O)O)c(N(C)Cc4ccccc4)c3)cc2C(=O)O)S(=O)O)cc1. The number of benzene rings is 5. The molecule has 0 saturated heterocycles. The largest absolute Gasteiger partial charge is 0.478 e. The van der Waals surface area contributed by atoms with E-state index in [1.54, 1.807) is 54.6 Å². The molecule has 12 heteroatoms. The minimum Gasteiger partial charge on any atom is -0.478 e. The maximum atomic E-state index is 12.7. The van der Waals surface area contributed by atoms with Gasteiger partial charge < -0.3 is 14.7 Å². The highest BCUT2D eigenvalue weighted by Gasteiger charge is 2.24. The van der Waals surface area contributed by atoms with E-state index in [1.165, 1.54) is 22.5 Å². The number of ether oxygens (including phenoxy) is 1. The third-order valence-corrected chi connectivity index (χ3v) is 8.78. The first-order chi connectivity index (χ1) is 22.5. The van der Waals surface area contributed by atoms with Crippen molar-refractivity contribution in [1.82, 2.24) is 0 Å². The summed E-state index contributed by atoms with van der Waals surface area (Å²) in [6, 6.07) is 33.0. The highest BCUT2D eigenvalue weighted by molar-refractivity contribution is 7.81. The Hall–Kier alpha value is -5.01. The van der Waals surface area contributed by atoms with Gasteiger partial charge in [0.25, 0.3) is 22.5 Å². The van der Waals surface area contributed by atoms with Gasteiger partial charge in [0.2, 0.25) is 0 Å². The number of anilines is 5. The molecule has 2 atom stereocenters. The molecular weight excluding hydrogens is 639 g/mol. The fraction of sp³-hybridized carbons (Fsp3) is 0.114. The van der Waals surface area contributed by atoms with Crippen LogP contribution in [-0.4, -0.2) is 35.6 Å². The van der Waals surface area contributed by atoms with Crippen molar-refractivity contribution < 1.29 is 32.2 Å². The van der Waals surface area contributed by atoms with Gasteiger partial charge in [-0.15, -0.1) is 0 Å². The molecule has 2 unspecified atom stereocenters. The van der Waals surface area contributed by atoms with Gasteiger partial charge in [-0.2, -0.15) is 0 Å². The second-order valence-electron chi connectivity index (χ2n) is 10.8. The van der Waals surface area contributed by atoms with E-state index in [0.717, 1.165) is 21.0 Å². The van der Waals surface area contributed by atoms with E-state index in [9.17, 15) is 27.4 Å². The number of carboxylic acid groups (broad SMARTS) is 1. The Morgan fingerprint density at radius 2 is 1.15 bits per heavy atom. The molecule has 0 saturated carbocycles. The van der Waals surface area contributed by atoms with Gasteiger partial charge in [-0.25, -0.2) is 21.8 Å². The van der Waals surface area contributed by atoms with Crippen LogP contribution in [0.25, 0.3) is 0 Å². The topological polar surface area (TPSA) is 131 Å². The molecular formula is C35H33N3O7S2. The Labute approximate surface area is 278 Å². The van der Waals surface area contributed by atoms with Crippen molar-refractivity contribution in [3.63, 3.8) is 0 Å². The molecule has 3 N–H and O–H groups in total. The third-order valence-electron chi connectivity index (χ3n) is 7.34. The first-order valence-corrected chi connectivity index (χ1v) is 16.5. The van der Waals surface area contributed by atoms with Crippen molar-refractivity contribution in [2.24, 2.45) is 0 Å². The number of aromatic carboxylic acids is 1. The second kappa shape index (κ2) is 14.6. The van der Waals surface area contributed by atoms with Crippen molar-refractivity contribution >= 4 is 56.9 Å². The molecule has 0 aliphatic heterocycles. The fourth-order valence-electron chi connectivity index (χ4n) is 5.04. The summed E-state index contributed by atoms with van der Waals surface area (Å²) in [6.45, 7) is 4.28. The fourth-order valence-corrected chi connectivity index (χ4v) is 6.29. The minimum atomic E-state index is -2.56. The normalized spacial score (nSPS) is 12.2. The van der Waals surface area contributed by atoms with E-state index in [4.69, 9.17) is 4.74 Å². The summed E-state index contributed by atoms with van der Waals surface area (Å²) in [4.78, 5) is 14.3. The van der Waals surface area contributed by atoms with Crippen molar-refractivity contribution in [3.8, 4) is 11.5 Å². The van der Waals surface area contributed by atoms with Crippen LogP contribution in [0.1, 0.15) is 27.0 Å². The van der Waals surface area contributed by atoms with Crippen LogP contribution in [0.2, 0.25) is 0 Å². The second-order valence-corrected chi connectivity index (χ2v) is 12.5. The molecule has 5 aromatic carbocycles. The predicted octanol–water partition coefficient (Wildman–Crippen LogP) is 7.98. The van der Waals surface area contributed by atoms with E-state index in [0.29, 0.717) is 35.0 Å². The summed E-state index contributed by atoms with van der Waals surface area (Å²) >= 11 is -4.98. The average molecular weight is 672 g/mol. The van der Waals surface area contributed by atoms with Crippen LogP contribution in [0.5, 0.6) is 11.5 Å². The zero-order valence-corrected chi connectivity index (χ0v) is 27.4. The van der Waals surface area contributed by atoms with E-state index < -0.39 is 28.5 Å². The smallest absolute Gasteiger partial charge is 0.337 e. The van der Waals surface area contributed by atoms with Crippen molar-refractivity contribution in [2.75, 3.05) is 20.6 Å². The molecule has 0 amide bonds. The summed E-state index contributed by atoms with van der Waals surface area (Å²) in [5.74, 6) is -0.809. The highest BCUT2D eigenvalue weighted by atomic mass is 32.2. The highest BCUT2D eigenvalue weighted by Crippen LogP contribution is 2.40. The molecule has 0 fully saturated rings. The molecule has 0 aliphatic carbocycles. The summed E-state index contributed by atoms with van der Waals surface area (Å²) in [5, 5.41) is 10.1. The molecule has 0 aromatic heterocycles. The lowest BCUT2D eigenvalue weighted by atomic mass is 10.1. The maximum Gasteiger partial charge on any atom is 0.337 e. The number of aryl methyl sites for hydroxylation is 2. The van der Waals surface area contributed by atoms with Crippen LogP contribution in [0.3, 0.4) is 0 Å². The van der Waals surface area contributed by atoms with E-state index >= 15 is 0 Å². The standard InChI is InChI=1S/C35H33N3O7S2/c1-24-9-13-27(14-10-24)37(46(41)42)32-19-17-29(21-31(32)35(39)40)45-30-18-20-33(38(47(43)44)28-15-11-25(2)12-16-28)34(22-30)36(3)23-26-7-5-4-6-8-26/h4-22H,23H2,1-3H3,(H,39,40)(H,41,42)(H,43,44). The van der Waals surface area contributed by atoms with Crippen LogP contribution in [0, 0.1) is 13.8 Å². The molecule has 0 spiro atoms. The van der Waals surface area contributed by atoms with E-state index in [-0.39, 0.29) is 17.0 Å². The first-order valence-electron chi connectivity index (χ1n) is 14.4. The van der Waals surface area contributed by atoms with Crippen LogP contribution in [-0.2, 0) is 29.1 Å². The molecule has 47 heavy (non-hydrogen) atoms. The Morgan fingerprint density at radius 3 is 1.66 bits per heavy atom. The zero-order chi connectivity index (χ0) is 33.7. The number of hydrogen-bond donors (Lipinski definition) is 3. The quantitative estimate of drug-likeness (QED) is 0.114. The van der Waals surface area contributed by atoms with Gasteiger partial charge in [0.05, 0.1) is 34.0 Å². The van der Waals surface area contributed by atoms with Gasteiger partial charge in [0.15, 0.2) is 0 Å².